The van der Waals surface area contributed by atoms with E-state index in [4.69, 9.17) is 0 Å². The van der Waals surface area contributed by atoms with Gasteiger partial charge in [0, 0.05) is 6.42 Å². The van der Waals surface area contributed by atoms with Gasteiger partial charge in [-0.05, 0) is 40.2 Å². The Bertz CT molecular complexity index is 649. The van der Waals surface area contributed by atoms with Gasteiger partial charge in [-0.25, -0.2) is 0 Å². The summed E-state index contributed by atoms with van der Waals surface area (Å²) in [6, 6.07) is 0. The molecule has 0 N–H and O–H groups in total. The van der Waals surface area contributed by atoms with Crippen LogP contribution in [0.3, 0.4) is 0 Å². The van der Waals surface area contributed by atoms with Crippen LogP contribution in [0.4, 0.5) is 0 Å². The van der Waals surface area contributed by atoms with Crippen molar-refractivity contribution in [2.75, 3.05) is 0 Å². The van der Waals surface area contributed by atoms with Crippen LogP contribution in [0.1, 0.15) is 52.0 Å². The number of carbonyl (C=O) groups is 1. The van der Waals surface area contributed by atoms with Gasteiger partial charge in [0.1, 0.15) is 0 Å². The SMILES string of the molecule is CCC(=O)c1c(C)nn(-n2nc(C)c(C)c2C)c1C. The molecule has 0 saturated carbocycles. The van der Waals surface area contributed by atoms with E-state index < -0.39 is 0 Å². The molecule has 0 spiro atoms. The molecule has 0 aliphatic rings. The first-order chi connectivity index (χ1) is 8.88. The summed E-state index contributed by atoms with van der Waals surface area (Å²) in [7, 11) is 0. The number of carbonyl (C=O) groups excluding carboxylic acids is 1. The average Bonchev–Trinajstić information content (AvgIpc) is 2.80. The van der Waals surface area contributed by atoms with Crippen LogP contribution < -0.4 is 0 Å². The Hall–Kier alpha value is -1.91. The normalized spacial score (nSPS) is 11.1. The van der Waals surface area contributed by atoms with E-state index in [0.29, 0.717) is 12.0 Å². The van der Waals surface area contributed by atoms with E-state index in [-0.39, 0.29) is 5.78 Å². The molecule has 0 aromatic carbocycles. The smallest absolute Gasteiger partial charge is 0.166 e. The lowest BCUT2D eigenvalue weighted by Crippen LogP contribution is -2.16. The molecule has 102 valence electrons. The highest BCUT2D eigenvalue weighted by molar-refractivity contribution is 5.97. The fourth-order valence-corrected chi connectivity index (χ4v) is 2.28. The molecular weight excluding hydrogens is 240 g/mol. The number of nitrogens with zero attached hydrogens (tertiary/aromatic N) is 4. The van der Waals surface area contributed by atoms with Gasteiger partial charge in [-0.15, -0.1) is 0 Å². The third-order valence-corrected chi connectivity index (χ3v) is 3.68. The van der Waals surface area contributed by atoms with E-state index in [1.165, 1.54) is 0 Å². The van der Waals surface area contributed by atoms with E-state index in [9.17, 15) is 4.79 Å². The monoisotopic (exact) mass is 260 g/mol. The molecule has 0 atom stereocenters. The number of ketones is 1. The second kappa shape index (κ2) is 4.64. The highest BCUT2D eigenvalue weighted by Gasteiger charge is 2.20. The minimum absolute atomic E-state index is 0.125. The molecule has 0 amide bonds. The van der Waals surface area contributed by atoms with Crippen molar-refractivity contribution < 1.29 is 4.79 Å². The lowest BCUT2D eigenvalue weighted by molar-refractivity contribution is 0.0987. The minimum Gasteiger partial charge on any atom is -0.294 e. The summed E-state index contributed by atoms with van der Waals surface area (Å²) < 4.78 is 0. The van der Waals surface area contributed by atoms with Crippen molar-refractivity contribution in [3.8, 4) is 0 Å². The maximum absolute atomic E-state index is 12.0. The molecule has 2 rings (SSSR count). The van der Waals surface area contributed by atoms with E-state index in [1.54, 1.807) is 9.58 Å². The van der Waals surface area contributed by atoms with Crippen LogP contribution in [-0.4, -0.2) is 25.6 Å². The molecule has 19 heavy (non-hydrogen) atoms. The van der Waals surface area contributed by atoms with Crippen molar-refractivity contribution in [1.29, 1.82) is 0 Å². The summed E-state index contributed by atoms with van der Waals surface area (Å²) in [5, 5.41) is 8.95. The maximum Gasteiger partial charge on any atom is 0.166 e. The third-order valence-electron chi connectivity index (χ3n) is 3.68. The zero-order valence-corrected chi connectivity index (χ0v) is 12.4. The predicted octanol–water partition coefficient (Wildman–Crippen LogP) is 2.53. The first kappa shape index (κ1) is 13.5. The molecule has 0 fully saturated rings. The molecule has 2 heterocycles. The Morgan fingerprint density at radius 2 is 1.47 bits per heavy atom. The molecule has 5 nitrogen and oxygen atoms in total. The van der Waals surface area contributed by atoms with Crippen molar-refractivity contribution in [2.24, 2.45) is 0 Å². The topological polar surface area (TPSA) is 52.7 Å². The molecule has 0 aliphatic carbocycles. The van der Waals surface area contributed by atoms with Crippen molar-refractivity contribution >= 4 is 5.78 Å². The molecule has 5 heteroatoms. The fraction of sp³-hybridized carbons (Fsp3) is 0.500. The number of aryl methyl sites for hydroxylation is 2. The van der Waals surface area contributed by atoms with Crippen LogP contribution in [0.15, 0.2) is 0 Å². The highest BCUT2D eigenvalue weighted by Crippen LogP contribution is 2.18. The predicted molar refractivity (Wildman–Crippen MR) is 73.6 cm³/mol. The molecule has 0 radical (unpaired) electrons. The van der Waals surface area contributed by atoms with Crippen molar-refractivity contribution in [1.82, 2.24) is 19.8 Å². The van der Waals surface area contributed by atoms with Gasteiger partial charge in [-0.2, -0.15) is 19.8 Å². The molecule has 2 aromatic rings. The van der Waals surface area contributed by atoms with Crippen LogP contribution in [-0.2, 0) is 0 Å². The van der Waals surface area contributed by atoms with E-state index >= 15 is 0 Å². The van der Waals surface area contributed by atoms with Crippen LogP contribution in [0, 0.1) is 34.6 Å². The average molecular weight is 260 g/mol. The van der Waals surface area contributed by atoms with Gasteiger partial charge in [0.05, 0.1) is 28.3 Å². The summed E-state index contributed by atoms with van der Waals surface area (Å²) in [6.45, 7) is 11.7. The van der Waals surface area contributed by atoms with Crippen molar-refractivity contribution in [3.05, 3.63) is 33.9 Å². The van der Waals surface area contributed by atoms with Crippen molar-refractivity contribution in [3.63, 3.8) is 0 Å². The van der Waals surface area contributed by atoms with Crippen LogP contribution >= 0.6 is 0 Å². The summed E-state index contributed by atoms with van der Waals surface area (Å²) in [5.74, 6) is 0.125. The molecular formula is C14H20N4O. The van der Waals surface area contributed by atoms with Gasteiger partial charge < -0.3 is 0 Å². The Morgan fingerprint density at radius 1 is 0.947 bits per heavy atom. The number of hydrogen-bond acceptors (Lipinski definition) is 3. The van der Waals surface area contributed by atoms with Crippen molar-refractivity contribution in [2.45, 2.75) is 48.0 Å². The Morgan fingerprint density at radius 3 is 1.95 bits per heavy atom. The number of aromatic nitrogens is 4. The molecule has 0 saturated heterocycles. The zero-order chi connectivity index (χ0) is 14.3. The number of rotatable bonds is 3. The van der Waals surface area contributed by atoms with Crippen LogP contribution in [0.25, 0.3) is 0 Å². The highest BCUT2D eigenvalue weighted by atomic mass is 16.1. The van der Waals surface area contributed by atoms with Gasteiger partial charge in [0.15, 0.2) is 5.78 Å². The van der Waals surface area contributed by atoms with E-state index in [1.807, 2.05) is 41.5 Å². The Kier molecular flexibility index (Phi) is 3.30. The second-order valence-corrected chi connectivity index (χ2v) is 4.90. The third kappa shape index (κ3) is 1.99. The lowest BCUT2D eigenvalue weighted by atomic mass is 10.1. The fourth-order valence-electron chi connectivity index (χ4n) is 2.28. The van der Waals surface area contributed by atoms with Crippen LogP contribution in [0.5, 0.6) is 0 Å². The summed E-state index contributed by atoms with van der Waals surface area (Å²) in [6.07, 6.45) is 0.490. The van der Waals surface area contributed by atoms with Gasteiger partial charge >= 0.3 is 0 Å². The number of hydrogen-bond donors (Lipinski definition) is 0. The van der Waals surface area contributed by atoms with Gasteiger partial charge in [-0.1, -0.05) is 6.92 Å². The summed E-state index contributed by atoms with van der Waals surface area (Å²) in [4.78, 5) is 15.5. The maximum atomic E-state index is 12.0. The van der Waals surface area contributed by atoms with Crippen LogP contribution in [0.2, 0.25) is 0 Å². The lowest BCUT2D eigenvalue weighted by Gasteiger charge is -2.07. The first-order valence-corrected chi connectivity index (χ1v) is 6.51. The summed E-state index contributed by atoms with van der Waals surface area (Å²) >= 11 is 0. The Balaban J connectivity index is 2.64. The molecule has 0 unspecified atom stereocenters. The van der Waals surface area contributed by atoms with Gasteiger partial charge in [-0.3, -0.25) is 4.79 Å². The molecule has 2 aromatic heterocycles. The minimum atomic E-state index is 0.125. The quantitative estimate of drug-likeness (QED) is 0.797. The van der Waals surface area contributed by atoms with E-state index in [2.05, 4.69) is 10.2 Å². The zero-order valence-electron chi connectivity index (χ0n) is 12.4. The van der Waals surface area contributed by atoms with E-state index in [0.717, 1.165) is 28.3 Å². The first-order valence-electron chi connectivity index (χ1n) is 6.51. The largest absolute Gasteiger partial charge is 0.294 e. The van der Waals surface area contributed by atoms with Gasteiger partial charge in [0.2, 0.25) is 0 Å². The second-order valence-electron chi connectivity index (χ2n) is 4.90. The number of Topliss-reactive ketones (excluding diaryl/α,β-unsaturated/α-hetero) is 1. The van der Waals surface area contributed by atoms with Gasteiger partial charge in [0.25, 0.3) is 0 Å². The molecule has 0 aliphatic heterocycles. The molecule has 0 bridgehead atoms. The summed E-state index contributed by atoms with van der Waals surface area (Å²) in [5.41, 5.74) is 5.49. The Labute approximate surface area is 113 Å². The standard InChI is InChI=1S/C14H20N4O/c1-7-13(19)14-10(4)16-18(12(14)6)17-11(5)8(2)9(3)15-17/h7H2,1-6H3.